The van der Waals surface area contributed by atoms with Crippen LogP contribution in [0.1, 0.15) is 11.1 Å². The molecular weight excluding hydrogens is 318 g/mol. The van der Waals surface area contributed by atoms with Crippen LogP contribution in [0.4, 0.5) is 5.69 Å². The maximum atomic E-state index is 12.1. The van der Waals surface area contributed by atoms with Crippen LogP contribution in [0.15, 0.2) is 61.2 Å². The maximum absolute atomic E-state index is 12.1. The molecule has 1 aromatic heterocycles. The number of ether oxygens (including phenoxy) is 1. The van der Waals surface area contributed by atoms with Crippen LogP contribution in [0.5, 0.6) is 5.75 Å². The van der Waals surface area contributed by atoms with E-state index in [1.54, 1.807) is 17.3 Å². The van der Waals surface area contributed by atoms with Crippen LogP contribution in [0.2, 0.25) is 0 Å². The highest BCUT2D eigenvalue weighted by Gasteiger charge is 2.07. The number of amides is 1. The molecule has 0 aliphatic heterocycles. The van der Waals surface area contributed by atoms with E-state index in [2.05, 4.69) is 20.9 Å². The first kappa shape index (κ1) is 16.5. The van der Waals surface area contributed by atoms with Gasteiger partial charge in [0.1, 0.15) is 18.4 Å². The van der Waals surface area contributed by atoms with E-state index < -0.39 is 0 Å². The van der Waals surface area contributed by atoms with Crippen molar-refractivity contribution in [3.8, 4) is 5.75 Å². The first-order valence-electron chi connectivity index (χ1n) is 7.86. The fourth-order valence-electron chi connectivity index (χ4n) is 2.23. The summed E-state index contributed by atoms with van der Waals surface area (Å²) >= 11 is 0. The maximum Gasteiger partial charge on any atom is 0.262 e. The molecule has 7 heteroatoms. The van der Waals surface area contributed by atoms with Crippen molar-refractivity contribution in [1.29, 1.82) is 0 Å². The van der Waals surface area contributed by atoms with Crippen molar-refractivity contribution < 1.29 is 9.53 Å². The van der Waals surface area contributed by atoms with Crippen LogP contribution in [0.3, 0.4) is 0 Å². The van der Waals surface area contributed by atoms with E-state index in [1.807, 2.05) is 55.5 Å². The van der Waals surface area contributed by atoms with Crippen LogP contribution < -0.4 is 15.5 Å². The molecule has 25 heavy (non-hydrogen) atoms. The van der Waals surface area contributed by atoms with Crippen LogP contribution in [0, 0.1) is 6.92 Å². The van der Waals surface area contributed by atoms with Crippen molar-refractivity contribution in [3.05, 3.63) is 72.3 Å². The predicted molar refractivity (Wildman–Crippen MR) is 94.8 cm³/mol. The van der Waals surface area contributed by atoms with E-state index in [4.69, 9.17) is 4.74 Å². The number of hydrogen-bond acceptors (Lipinski definition) is 5. The van der Waals surface area contributed by atoms with E-state index >= 15 is 0 Å². The molecule has 1 heterocycles. The molecule has 3 rings (SSSR count). The van der Waals surface area contributed by atoms with Gasteiger partial charge < -0.3 is 15.5 Å². The summed E-state index contributed by atoms with van der Waals surface area (Å²) in [6, 6.07) is 15.2. The smallest absolute Gasteiger partial charge is 0.262 e. The second kappa shape index (κ2) is 7.96. The third-order valence-corrected chi connectivity index (χ3v) is 3.54. The number of aromatic nitrogens is 3. The molecule has 3 aromatic rings. The van der Waals surface area contributed by atoms with E-state index in [0.717, 1.165) is 16.8 Å². The highest BCUT2D eigenvalue weighted by Crippen LogP contribution is 2.18. The molecule has 2 aromatic carbocycles. The number of hydrogen-bond donors (Lipinski definition) is 2. The SMILES string of the molecule is Cc1ccc(NC(=O)COc2ccccc2CNn2cnnc2)cc1. The lowest BCUT2D eigenvalue weighted by Crippen LogP contribution is -2.21. The van der Waals surface area contributed by atoms with Crippen LogP contribution >= 0.6 is 0 Å². The predicted octanol–water partition coefficient (Wildman–Crippen LogP) is 2.35. The summed E-state index contributed by atoms with van der Waals surface area (Å²) in [5, 5.41) is 10.3. The van der Waals surface area contributed by atoms with Crippen LogP contribution in [0.25, 0.3) is 0 Å². The Hall–Kier alpha value is -3.35. The Morgan fingerprint density at radius 2 is 1.80 bits per heavy atom. The average molecular weight is 337 g/mol. The summed E-state index contributed by atoms with van der Waals surface area (Å²) in [7, 11) is 0. The van der Waals surface area contributed by atoms with Crippen LogP contribution in [-0.2, 0) is 11.3 Å². The van der Waals surface area contributed by atoms with Gasteiger partial charge in [0.15, 0.2) is 6.61 Å². The number of carbonyl (C=O) groups is 1. The van der Waals surface area contributed by atoms with Gasteiger partial charge in [-0.05, 0) is 25.1 Å². The number of rotatable bonds is 7. The molecular formula is C18H19N5O2. The van der Waals surface area contributed by atoms with Gasteiger partial charge in [-0.3, -0.25) is 4.79 Å². The minimum Gasteiger partial charge on any atom is -0.483 e. The fraction of sp³-hybridized carbons (Fsp3) is 0.167. The lowest BCUT2D eigenvalue weighted by molar-refractivity contribution is -0.118. The number of para-hydroxylation sites is 1. The van der Waals surface area contributed by atoms with E-state index in [1.165, 1.54) is 0 Å². The third-order valence-electron chi connectivity index (χ3n) is 3.54. The zero-order valence-electron chi connectivity index (χ0n) is 13.8. The molecule has 128 valence electrons. The van der Waals surface area contributed by atoms with Crippen molar-refractivity contribution in [3.63, 3.8) is 0 Å². The zero-order chi connectivity index (χ0) is 17.5. The molecule has 0 saturated heterocycles. The first-order valence-corrected chi connectivity index (χ1v) is 7.86. The highest BCUT2D eigenvalue weighted by atomic mass is 16.5. The summed E-state index contributed by atoms with van der Waals surface area (Å²) in [4.78, 5) is 12.1. The van der Waals surface area contributed by atoms with Crippen LogP contribution in [-0.4, -0.2) is 27.4 Å². The van der Waals surface area contributed by atoms with Crippen molar-refractivity contribution >= 4 is 11.6 Å². The average Bonchev–Trinajstić information content (AvgIpc) is 3.14. The minimum atomic E-state index is -0.203. The minimum absolute atomic E-state index is 0.0580. The third kappa shape index (κ3) is 4.81. The summed E-state index contributed by atoms with van der Waals surface area (Å²) in [5.74, 6) is 0.451. The number of nitrogens with one attached hydrogen (secondary N) is 2. The van der Waals surface area contributed by atoms with Crippen molar-refractivity contribution in [2.75, 3.05) is 17.3 Å². The summed E-state index contributed by atoms with van der Waals surface area (Å²) < 4.78 is 7.33. The second-order valence-electron chi connectivity index (χ2n) is 5.51. The molecule has 0 atom stereocenters. The lowest BCUT2D eigenvalue weighted by Gasteiger charge is -2.13. The molecule has 0 spiro atoms. The lowest BCUT2D eigenvalue weighted by atomic mass is 10.2. The quantitative estimate of drug-likeness (QED) is 0.692. The van der Waals surface area contributed by atoms with Gasteiger partial charge in [0.2, 0.25) is 0 Å². The number of aryl methyl sites for hydroxylation is 1. The summed E-state index contributed by atoms with van der Waals surface area (Å²) in [6.45, 7) is 2.46. The van der Waals surface area contributed by atoms with E-state index in [0.29, 0.717) is 12.3 Å². The molecule has 0 aliphatic rings. The Labute approximate surface area is 145 Å². The van der Waals surface area contributed by atoms with Gasteiger partial charge in [-0.15, -0.1) is 10.2 Å². The van der Waals surface area contributed by atoms with Crippen molar-refractivity contribution in [1.82, 2.24) is 14.9 Å². The molecule has 0 fully saturated rings. The van der Waals surface area contributed by atoms with E-state index in [9.17, 15) is 4.79 Å². The topological polar surface area (TPSA) is 81.1 Å². The molecule has 0 aliphatic carbocycles. The number of anilines is 1. The van der Waals surface area contributed by atoms with Gasteiger partial charge in [0.25, 0.3) is 5.91 Å². The Morgan fingerprint density at radius 3 is 2.56 bits per heavy atom. The monoisotopic (exact) mass is 337 g/mol. The standard InChI is InChI=1S/C18H19N5O2/c1-14-6-8-16(9-7-14)22-18(24)11-25-17-5-3-2-4-15(17)10-21-23-12-19-20-13-23/h2-9,12-13,21H,10-11H2,1H3,(H,22,24). The fourth-order valence-corrected chi connectivity index (χ4v) is 2.23. The number of nitrogens with zero attached hydrogens (tertiary/aromatic N) is 3. The van der Waals surface area contributed by atoms with Gasteiger partial charge in [-0.25, -0.2) is 4.68 Å². The molecule has 0 bridgehead atoms. The van der Waals surface area contributed by atoms with Crippen molar-refractivity contribution in [2.45, 2.75) is 13.5 Å². The van der Waals surface area contributed by atoms with E-state index in [-0.39, 0.29) is 12.5 Å². The second-order valence-corrected chi connectivity index (χ2v) is 5.51. The largest absolute Gasteiger partial charge is 0.483 e. The van der Waals surface area contributed by atoms with Gasteiger partial charge in [-0.1, -0.05) is 35.9 Å². The first-order chi connectivity index (χ1) is 12.2. The van der Waals surface area contributed by atoms with Gasteiger partial charge in [0, 0.05) is 11.3 Å². The molecule has 0 unspecified atom stereocenters. The molecule has 0 radical (unpaired) electrons. The Kier molecular flexibility index (Phi) is 5.26. The number of benzene rings is 2. The van der Waals surface area contributed by atoms with Gasteiger partial charge in [0.05, 0.1) is 6.54 Å². The number of carbonyl (C=O) groups excluding carboxylic acids is 1. The summed E-state index contributed by atoms with van der Waals surface area (Å²) in [6.07, 6.45) is 3.14. The highest BCUT2D eigenvalue weighted by molar-refractivity contribution is 5.91. The Bertz CT molecular complexity index is 816. The molecule has 1 amide bonds. The molecule has 7 nitrogen and oxygen atoms in total. The Balaban J connectivity index is 1.55. The van der Waals surface area contributed by atoms with Gasteiger partial charge in [-0.2, -0.15) is 0 Å². The normalized spacial score (nSPS) is 10.3. The van der Waals surface area contributed by atoms with Gasteiger partial charge >= 0.3 is 0 Å². The van der Waals surface area contributed by atoms with Crippen molar-refractivity contribution in [2.24, 2.45) is 0 Å². The zero-order valence-corrected chi connectivity index (χ0v) is 13.8. The molecule has 0 saturated carbocycles. The molecule has 2 N–H and O–H groups in total. The summed E-state index contributed by atoms with van der Waals surface area (Å²) in [5.41, 5.74) is 5.95. The Morgan fingerprint density at radius 1 is 1.08 bits per heavy atom.